The van der Waals surface area contributed by atoms with Gasteiger partial charge in [0, 0.05) is 22.6 Å². The number of carbonyl (C=O) groups is 2. The molecule has 7 heteroatoms. The number of phenols is 1. The maximum Gasteiger partial charge on any atom is 0.339 e. The van der Waals surface area contributed by atoms with Gasteiger partial charge in [-0.3, -0.25) is 4.79 Å². The molecule has 0 amide bonds. The summed E-state index contributed by atoms with van der Waals surface area (Å²) in [6.07, 6.45) is 1.88. The third-order valence-corrected chi connectivity index (χ3v) is 4.73. The summed E-state index contributed by atoms with van der Waals surface area (Å²) in [4.78, 5) is 24.5. The number of hydrogen-bond donors (Lipinski definition) is 2. The number of allylic oxidation sites excluding steroid dienone is 2. The molecule has 0 unspecified atom stereocenters. The van der Waals surface area contributed by atoms with Gasteiger partial charge in [-0.1, -0.05) is 34.9 Å². The smallest absolute Gasteiger partial charge is 0.339 e. The largest absolute Gasteiger partial charge is 0.507 e. The molecule has 0 spiro atoms. The van der Waals surface area contributed by atoms with Crippen molar-refractivity contribution >= 4 is 35.0 Å². The number of methoxy groups -OCH3 is 1. The second-order valence-corrected chi connectivity index (χ2v) is 7.30. The normalized spacial score (nSPS) is 10.5. The summed E-state index contributed by atoms with van der Waals surface area (Å²) in [5.74, 6) is -1.83. The maximum atomic E-state index is 12.7. The lowest BCUT2D eigenvalue weighted by molar-refractivity contribution is 0.0692. The minimum absolute atomic E-state index is 0.138. The maximum absolute atomic E-state index is 12.7. The zero-order chi connectivity index (χ0) is 21.0. The molecule has 0 saturated carbocycles. The molecule has 0 fully saturated rings. The first-order valence-corrected chi connectivity index (χ1v) is 9.17. The molecule has 148 valence electrons. The van der Waals surface area contributed by atoms with Gasteiger partial charge in [0.05, 0.1) is 12.1 Å². The van der Waals surface area contributed by atoms with E-state index in [0.29, 0.717) is 22.8 Å². The Hall–Kier alpha value is -2.50. The summed E-state index contributed by atoms with van der Waals surface area (Å²) in [6.45, 7) is 3.79. The minimum Gasteiger partial charge on any atom is -0.507 e. The van der Waals surface area contributed by atoms with Crippen molar-refractivity contribution in [1.29, 1.82) is 0 Å². The van der Waals surface area contributed by atoms with E-state index in [2.05, 4.69) is 0 Å². The molecular formula is C21H20Cl2O5. The van der Waals surface area contributed by atoms with Gasteiger partial charge >= 0.3 is 5.97 Å². The molecule has 0 aromatic heterocycles. The lowest BCUT2D eigenvalue weighted by Crippen LogP contribution is -2.11. The number of aromatic carboxylic acids is 1. The van der Waals surface area contributed by atoms with E-state index >= 15 is 0 Å². The predicted octanol–water partition coefficient (Wildman–Crippen LogP) is 5.34. The van der Waals surface area contributed by atoms with E-state index in [1.165, 1.54) is 31.4 Å². The van der Waals surface area contributed by atoms with Gasteiger partial charge in [-0.05, 0) is 50.1 Å². The van der Waals surface area contributed by atoms with Gasteiger partial charge in [0.25, 0.3) is 0 Å². The standard InChI is InChI=1S/C21H20Cl2O5/c1-11(2)4-6-15-18(28-3)9-12(19(20(15)25)21(26)27)8-17(24)14-7-5-13(22)10-16(14)23/h4-5,7,9-10,25H,6,8H2,1-3H3,(H,26,27). The molecule has 2 rings (SSSR count). The van der Waals surface area contributed by atoms with Gasteiger partial charge in [-0.15, -0.1) is 0 Å². The number of carbonyl (C=O) groups excluding carboxylic acids is 1. The Kier molecular flexibility index (Phi) is 7.11. The molecule has 2 N–H and O–H groups in total. The van der Waals surface area contributed by atoms with Gasteiger partial charge in [0.15, 0.2) is 5.78 Å². The molecule has 0 saturated heterocycles. The zero-order valence-corrected chi connectivity index (χ0v) is 17.2. The molecule has 2 aromatic rings. The molecule has 0 heterocycles. The van der Waals surface area contributed by atoms with Crippen LogP contribution in [0, 0.1) is 0 Å². The van der Waals surface area contributed by atoms with Crippen molar-refractivity contribution in [3.05, 3.63) is 68.2 Å². The summed E-state index contributed by atoms with van der Waals surface area (Å²) >= 11 is 11.9. The van der Waals surface area contributed by atoms with Crippen molar-refractivity contribution in [2.75, 3.05) is 7.11 Å². The van der Waals surface area contributed by atoms with E-state index in [9.17, 15) is 19.8 Å². The van der Waals surface area contributed by atoms with Crippen LogP contribution in [0.15, 0.2) is 35.9 Å². The quantitative estimate of drug-likeness (QED) is 0.464. The summed E-state index contributed by atoms with van der Waals surface area (Å²) < 4.78 is 5.32. The highest BCUT2D eigenvalue weighted by molar-refractivity contribution is 6.36. The zero-order valence-electron chi connectivity index (χ0n) is 15.7. The fourth-order valence-corrected chi connectivity index (χ4v) is 3.30. The van der Waals surface area contributed by atoms with Gasteiger partial charge < -0.3 is 14.9 Å². The fourth-order valence-electron chi connectivity index (χ4n) is 2.78. The Balaban J connectivity index is 2.54. The second-order valence-electron chi connectivity index (χ2n) is 6.45. The SMILES string of the molecule is COc1cc(CC(=O)c2ccc(Cl)cc2Cl)c(C(=O)O)c(O)c1CC=C(C)C. The number of halogens is 2. The van der Waals surface area contributed by atoms with Crippen molar-refractivity contribution in [3.8, 4) is 11.5 Å². The molecule has 0 radical (unpaired) electrons. The third kappa shape index (κ3) is 4.86. The van der Waals surface area contributed by atoms with Gasteiger partial charge in [0.2, 0.25) is 0 Å². The number of Topliss-reactive ketones (excluding diaryl/α,β-unsaturated/α-hetero) is 1. The van der Waals surface area contributed by atoms with Crippen molar-refractivity contribution in [1.82, 2.24) is 0 Å². The summed E-state index contributed by atoms with van der Waals surface area (Å²) in [5, 5.41) is 20.8. The minimum atomic E-state index is -1.33. The van der Waals surface area contributed by atoms with Crippen LogP contribution >= 0.6 is 23.2 Å². The Labute approximate surface area is 173 Å². The summed E-state index contributed by atoms with van der Waals surface area (Å²) in [7, 11) is 1.42. The lowest BCUT2D eigenvalue weighted by Gasteiger charge is -2.16. The first-order chi connectivity index (χ1) is 13.1. The molecule has 0 atom stereocenters. The van der Waals surface area contributed by atoms with E-state index < -0.39 is 17.5 Å². The fraction of sp³-hybridized carbons (Fsp3) is 0.238. The number of benzene rings is 2. The van der Waals surface area contributed by atoms with Crippen LogP contribution in [0.5, 0.6) is 11.5 Å². The third-order valence-electron chi connectivity index (χ3n) is 4.18. The first-order valence-electron chi connectivity index (χ1n) is 8.42. The van der Waals surface area contributed by atoms with Crippen LogP contribution in [-0.4, -0.2) is 29.1 Å². The van der Waals surface area contributed by atoms with E-state index in [-0.39, 0.29) is 28.1 Å². The molecule has 0 bridgehead atoms. The van der Waals surface area contributed by atoms with Crippen molar-refractivity contribution in [2.24, 2.45) is 0 Å². The summed E-state index contributed by atoms with van der Waals surface area (Å²) in [5.41, 5.74) is 1.39. The molecule has 0 aliphatic heterocycles. The highest BCUT2D eigenvalue weighted by Crippen LogP contribution is 2.36. The molecule has 5 nitrogen and oxygen atoms in total. The van der Waals surface area contributed by atoms with Crippen LogP contribution in [0.1, 0.15) is 45.7 Å². The topological polar surface area (TPSA) is 83.8 Å². The van der Waals surface area contributed by atoms with Crippen LogP contribution in [0.4, 0.5) is 0 Å². The number of carboxylic acids is 1. The predicted molar refractivity (Wildman–Crippen MR) is 109 cm³/mol. The van der Waals surface area contributed by atoms with E-state index in [0.717, 1.165) is 5.57 Å². The highest BCUT2D eigenvalue weighted by Gasteiger charge is 2.24. The molecule has 0 aliphatic rings. The number of carboxylic acid groups (broad SMARTS) is 1. The molecule has 28 heavy (non-hydrogen) atoms. The Morgan fingerprint density at radius 3 is 2.39 bits per heavy atom. The number of rotatable bonds is 7. The second kappa shape index (κ2) is 9.13. The molecule has 0 aliphatic carbocycles. The number of ether oxygens (including phenoxy) is 1. The van der Waals surface area contributed by atoms with Crippen molar-refractivity contribution in [3.63, 3.8) is 0 Å². The van der Waals surface area contributed by atoms with Crippen LogP contribution in [0.2, 0.25) is 10.0 Å². The van der Waals surface area contributed by atoms with Crippen LogP contribution < -0.4 is 4.74 Å². The Morgan fingerprint density at radius 1 is 1.18 bits per heavy atom. The van der Waals surface area contributed by atoms with Crippen molar-refractivity contribution < 1.29 is 24.5 Å². The first kappa shape index (κ1) is 21.8. The average Bonchev–Trinajstić information content (AvgIpc) is 2.59. The van der Waals surface area contributed by atoms with E-state index in [1.807, 2.05) is 19.9 Å². The molecule has 2 aromatic carbocycles. The average molecular weight is 423 g/mol. The molecular weight excluding hydrogens is 403 g/mol. The van der Waals surface area contributed by atoms with Gasteiger partial charge in [-0.2, -0.15) is 0 Å². The summed E-state index contributed by atoms with van der Waals surface area (Å²) in [6, 6.07) is 5.92. The van der Waals surface area contributed by atoms with Gasteiger partial charge in [-0.25, -0.2) is 4.79 Å². The lowest BCUT2D eigenvalue weighted by atomic mass is 9.93. The van der Waals surface area contributed by atoms with Crippen molar-refractivity contribution in [2.45, 2.75) is 26.7 Å². The van der Waals surface area contributed by atoms with Crippen LogP contribution in [-0.2, 0) is 12.8 Å². The number of ketones is 1. The highest BCUT2D eigenvalue weighted by atomic mass is 35.5. The monoisotopic (exact) mass is 422 g/mol. The number of hydrogen-bond acceptors (Lipinski definition) is 4. The van der Waals surface area contributed by atoms with Crippen LogP contribution in [0.3, 0.4) is 0 Å². The Morgan fingerprint density at radius 2 is 1.86 bits per heavy atom. The van der Waals surface area contributed by atoms with Crippen LogP contribution in [0.25, 0.3) is 0 Å². The van der Waals surface area contributed by atoms with Gasteiger partial charge in [0.1, 0.15) is 17.1 Å². The number of aromatic hydroxyl groups is 1. The Bertz CT molecular complexity index is 960. The van der Waals surface area contributed by atoms with E-state index in [4.69, 9.17) is 27.9 Å². The van der Waals surface area contributed by atoms with E-state index in [1.54, 1.807) is 0 Å².